The number of allylic oxidation sites excluding steroid dienone is 1. The number of nitrogens with zero attached hydrogens (tertiary/aromatic N) is 1. The Labute approximate surface area is 203 Å². The van der Waals surface area contributed by atoms with Crippen LogP contribution in [0.3, 0.4) is 0 Å². The Morgan fingerprint density at radius 3 is 2.41 bits per heavy atom. The zero-order valence-corrected chi connectivity index (χ0v) is 20.2. The molecular weight excluding hydrogens is 448 g/mol. The third-order valence-corrected chi connectivity index (χ3v) is 6.14. The van der Waals surface area contributed by atoms with Gasteiger partial charge in [-0.25, -0.2) is 4.79 Å². The number of carboxylic acid groups (broad SMARTS) is 1. The van der Waals surface area contributed by atoms with Crippen molar-refractivity contribution in [1.82, 2.24) is 9.88 Å². The Morgan fingerprint density at radius 1 is 1.03 bits per heavy atom. The lowest BCUT2D eigenvalue weighted by molar-refractivity contribution is -0.140. The maximum atomic E-state index is 12.9. The average Bonchev–Trinajstić information content (AvgIpc) is 3.30. The van der Waals surface area contributed by atoms with Crippen molar-refractivity contribution in [2.75, 3.05) is 6.26 Å². The fraction of sp³-hybridized carbons (Fsp3) is 0.222. The zero-order chi connectivity index (χ0) is 24.7. The Morgan fingerprint density at radius 2 is 1.76 bits per heavy atom. The van der Waals surface area contributed by atoms with Crippen molar-refractivity contribution in [2.45, 2.75) is 31.3 Å². The molecule has 1 aromatic heterocycles. The molecule has 0 fully saturated rings. The van der Waals surface area contributed by atoms with Crippen LogP contribution in [-0.2, 0) is 11.3 Å². The van der Waals surface area contributed by atoms with Gasteiger partial charge in [0.05, 0.1) is 5.69 Å². The van der Waals surface area contributed by atoms with E-state index in [1.54, 1.807) is 49.9 Å². The number of carbonyl (C=O) groups is 3. The van der Waals surface area contributed by atoms with E-state index in [1.807, 2.05) is 65.6 Å². The maximum absolute atomic E-state index is 12.9. The molecule has 0 bridgehead atoms. The number of rotatable bonds is 10. The predicted molar refractivity (Wildman–Crippen MR) is 135 cm³/mol. The molecule has 0 aliphatic rings. The van der Waals surface area contributed by atoms with E-state index in [1.165, 1.54) is 0 Å². The van der Waals surface area contributed by atoms with Crippen molar-refractivity contribution in [1.29, 1.82) is 0 Å². The van der Waals surface area contributed by atoms with E-state index < -0.39 is 17.9 Å². The molecule has 0 saturated carbocycles. The molecule has 1 heterocycles. The van der Waals surface area contributed by atoms with Crippen molar-refractivity contribution >= 4 is 35.5 Å². The van der Waals surface area contributed by atoms with Crippen LogP contribution in [-0.4, -0.2) is 39.6 Å². The van der Waals surface area contributed by atoms with Crippen molar-refractivity contribution in [3.05, 3.63) is 95.3 Å². The van der Waals surface area contributed by atoms with E-state index in [9.17, 15) is 19.5 Å². The highest BCUT2D eigenvalue weighted by Gasteiger charge is 2.23. The number of amides is 1. The quantitative estimate of drug-likeness (QED) is 0.318. The van der Waals surface area contributed by atoms with Gasteiger partial charge in [0.15, 0.2) is 0 Å². The fourth-order valence-electron chi connectivity index (χ4n) is 3.49. The van der Waals surface area contributed by atoms with Gasteiger partial charge in [0, 0.05) is 28.8 Å². The summed E-state index contributed by atoms with van der Waals surface area (Å²) in [6, 6.07) is 17.2. The normalized spacial score (nSPS) is 12.1. The number of aliphatic carboxylic acids is 1. The second-order valence-corrected chi connectivity index (χ2v) is 9.04. The van der Waals surface area contributed by atoms with Crippen LogP contribution in [0.5, 0.6) is 0 Å². The molecule has 176 valence electrons. The lowest BCUT2D eigenvalue weighted by Crippen LogP contribution is -2.44. The first-order valence-corrected chi connectivity index (χ1v) is 12.2. The molecule has 0 saturated heterocycles. The molecular formula is C27H28N2O4S. The van der Waals surface area contributed by atoms with Gasteiger partial charge in [-0.2, -0.15) is 0 Å². The molecule has 7 heteroatoms. The van der Waals surface area contributed by atoms with E-state index in [0.717, 1.165) is 10.5 Å². The van der Waals surface area contributed by atoms with Crippen molar-refractivity contribution < 1.29 is 19.5 Å². The number of ketones is 1. The van der Waals surface area contributed by atoms with E-state index in [0.29, 0.717) is 23.4 Å². The third-order valence-electron chi connectivity index (χ3n) is 5.39. The van der Waals surface area contributed by atoms with E-state index >= 15 is 0 Å². The Bertz CT molecular complexity index is 1200. The summed E-state index contributed by atoms with van der Waals surface area (Å²) >= 11 is 1.63. The lowest BCUT2D eigenvalue weighted by Gasteiger charge is -2.18. The molecule has 2 N–H and O–H groups in total. The molecule has 1 atom stereocenters. The number of carbonyl (C=O) groups excluding carboxylic acids is 2. The van der Waals surface area contributed by atoms with Crippen LogP contribution in [0.15, 0.2) is 77.8 Å². The van der Waals surface area contributed by atoms with Crippen molar-refractivity contribution in [3.63, 3.8) is 0 Å². The highest BCUT2D eigenvalue weighted by atomic mass is 32.2. The molecule has 34 heavy (non-hydrogen) atoms. The van der Waals surface area contributed by atoms with E-state index in [-0.39, 0.29) is 11.7 Å². The Hall–Kier alpha value is -3.58. The highest BCUT2D eigenvalue weighted by Crippen LogP contribution is 2.18. The average molecular weight is 477 g/mol. The van der Waals surface area contributed by atoms with Crippen LogP contribution in [0.25, 0.3) is 6.08 Å². The number of benzene rings is 2. The largest absolute Gasteiger partial charge is 0.480 e. The van der Waals surface area contributed by atoms with Gasteiger partial charge in [-0.05, 0) is 66.3 Å². The number of thioether (sulfide) groups is 1. The smallest absolute Gasteiger partial charge is 0.326 e. The SMILES string of the molecule is CSc1ccc(C(=O)c2cccn2C/C=C/c2cccc(C(=O)NC(C(=O)O)C(C)C)c2)cc1. The van der Waals surface area contributed by atoms with E-state index in [2.05, 4.69) is 5.32 Å². The number of hydrogen-bond acceptors (Lipinski definition) is 4. The number of carboxylic acids is 1. The van der Waals surface area contributed by atoms with Crippen LogP contribution in [0.1, 0.15) is 45.8 Å². The van der Waals surface area contributed by atoms with Gasteiger partial charge >= 0.3 is 5.97 Å². The van der Waals surface area contributed by atoms with Gasteiger partial charge in [-0.1, -0.05) is 38.1 Å². The first-order valence-electron chi connectivity index (χ1n) is 10.9. The molecule has 3 aromatic rings. The predicted octanol–water partition coefficient (Wildman–Crippen LogP) is 4.99. The van der Waals surface area contributed by atoms with Crippen LogP contribution < -0.4 is 5.32 Å². The molecule has 6 nitrogen and oxygen atoms in total. The second kappa shape index (κ2) is 11.5. The highest BCUT2D eigenvalue weighted by molar-refractivity contribution is 7.98. The summed E-state index contributed by atoms with van der Waals surface area (Å²) < 4.78 is 1.87. The third kappa shape index (κ3) is 6.26. The van der Waals surface area contributed by atoms with Gasteiger partial charge < -0.3 is 15.0 Å². The molecule has 2 aromatic carbocycles. The standard InChI is InChI=1S/C27H28N2O4S/c1-18(2)24(27(32)33)28-26(31)21-9-4-7-19(17-21)8-5-15-29-16-6-10-23(29)25(30)20-11-13-22(34-3)14-12-20/h4-14,16-18,24H,15H2,1-3H3,(H,28,31)(H,32,33)/b8-5+. The molecule has 0 aliphatic heterocycles. The summed E-state index contributed by atoms with van der Waals surface area (Å²) in [5.74, 6) is -1.76. The van der Waals surface area contributed by atoms with Crippen molar-refractivity contribution in [3.8, 4) is 0 Å². The van der Waals surface area contributed by atoms with Crippen LogP contribution in [0.2, 0.25) is 0 Å². The van der Waals surface area contributed by atoms with Gasteiger partial charge in [0.2, 0.25) is 5.78 Å². The Balaban J connectivity index is 1.69. The van der Waals surface area contributed by atoms with Gasteiger partial charge in [0.25, 0.3) is 5.91 Å². The molecule has 3 rings (SSSR count). The molecule has 0 spiro atoms. The summed E-state index contributed by atoms with van der Waals surface area (Å²) in [4.78, 5) is 37.9. The first-order chi connectivity index (χ1) is 16.3. The minimum absolute atomic E-state index is 0.0390. The molecule has 1 amide bonds. The summed E-state index contributed by atoms with van der Waals surface area (Å²) in [6.07, 6.45) is 7.64. The summed E-state index contributed by atoms with van der Waals surface area (Å²) in [6.45, 7) is 3.98. The van der Waals surface area contributed by atoms with Crippen molar-refractivity contribution in [2.24, 2.45) is 5.92 Å². The maximum Gasteiger partial charge on any atom is 0.326 e. The molecule has 0 aliphatic carbocycles. The second-order valence-electron chi connectivity index (χ2n) is 8.16. The monoisotopic (exact) mass is 476 g/mol. The first kappa shape index (κ1) is 25.1. The number of nitrogens with one attached hydrogen (secondary N) is 1. The zero-order valence-electron chi connectivity index (χ0n) is 19.4. The van der Waals surface area contributed by atoms with Gasteiger partial charge in [-0.3, -0.25) is 9.59 Å². The fourth-order valence-corrected chi connectivity index (χ4v) is 3.90. The lowest BCUT2D eigenvalue weighted by atomic mass is 10.0. The van der Waals surface area contributed by atoms with Crippen LogP contribution in [0.4, 0.5) is 0 Å². The van der Waals surface area contributed by atoms with Crippen LogP contribution >= 0.6 is 11.8 Å². The molecule has 1 unspecified atom stereocenters. The molecule has 0 radical (unpaired) electrons. The van der Waals surface area contributed by atoms with Gasteiger partial charge in [-0.15, -0.1) is 11.8 Å². The minimum atomic E-state index is -1.06. The topological polar surface area (TPSA) is 88.4 Å². The number of aromatic nitrogens is 1. The van der Waals surface area contributed by atoms with Gasteiger partial charge in [0.1, 0.15) is 6.04 Å². The summed E-state index contributed by atoms with van der Waals surface area (Å²) in [5.41, 5.74) is 2.43. The Kier molecular flexibility index (Phi) is 8.49. The minimum Gasteiger partial charge on any atom is -0.480 e. The summed E-state index contributed by atoms with van der Waals surface area (Å²) in [7, 11) is 0. The number of hydrogen-bond donors (Lipinski definition) is 2. The van der Waals surface area contributed by atoms with E-state index in [4.69, 9.17) is 0 Å². The van der Waals surface area contributed by atoms with Crippen LogP contribution in [0, 0.1) is 5.92 Å². The summed E-state index contributed by atoms with van der Waals surface area (Å²) in [5, 5.41) is 11.9.